The third kappa shape index (κ3) is 7.78. The van der Waals surface area contributed by atoms with Crippen molar-refractivity contribution >= 4 is 34.6 Å². The standard InChI is InChI=1S/C10H20B2O2PS/c1-5-6-9(14-16-12)7-10(8(2)3)13-15(4)11/h5,8-10,12H,1,6-7H2,2-4H3/t9-,10+,15?/m0/s1/i12T. The van der Waals surface area contributed by atoms with Crippen LogP contribution in [0.4, 0.5) is 0 Å². The van der Waals surface area contributed by atoms with Crippen molar-refractivity contribution in [3.8, 4) is 0 Å². The van der Waals surface area contributed by atoms with Crippen molar-refractivity contribution in [2.75, 3.05) is 6.66 Å². The van der Waals surface area contributed by atoms with Crippen molar-refractivity contribution in [3.63, 3.8) is 0 Å². The Morgan fingerprint density at radius 1 is 1.69 bits per heavy atom. The molecule has 0 aromatic rings. The van der Waals surface area contributed by atoms with Gasteiger partial charge in [0.2, 0.25) is 7.09 Å². The van der Waals surface area contributed by atoms with Gasteiger partial charge in [-0.25, -0.2) is 0 Å². The summed E-state index contributed by atoms with van der Waals surface area (Å²) in [4.78, 5) is 0. The summed E-state index contributed by atoms with van der Waals surface area (Å²) in [7, 11) is 6.04. The summed E-state index contributed by atoms with van der Waals surface area (Å²) >= 11 is 1.04. The van der Waals surface area contributed by atoms with Gasteiger partial charge < -0.3 is 8.71 Å². The molecule has 3 radical (unpaired) electrons. The highest BCUT2D eigenvalue weighted by molar-refractivity contribution is 8.15. The molecule has 0 saturated carbocycles. The molecule has 89 valence electrons. The van der Waals surface area contributed by atoms with Crippen molar-refractivity contribution in [3.05, 3.63) is 12.7 Å². The van der Waals surface area contributed by atoms with Gasteiger partial charge in [-0.3, -0.25) is 0 Å². The minimum absolute atomic E-state index is 0.0152. The van der Waals surface area contributed by atoms with Crippen LogP contribution in [-0.4, -0.2) is 34.9 Å². The predicted octanol–water partition coefficient (Wildman–Crippen LogP) is 2.95. The van der Waals surface area contributed by atoms with E-state index in [4.69, 9.17) is 17.6 Å². The van der Waals surface area contributed by atoms with Crippen LogP contribution in [0.15, 0.2) is 12.7 Å². The van der Waals surface area contributed by atoms with Gasteiger partial charge >= 0.3 is 0 Å². The molecule has 0 heterocycles. The van der Waals surface area contributed by atoms with E-state index in [9.17, 15) is 0 Å². The van der Waals surface area contributed by atoms with E-state index in [2.05, 4.69) is 20.4 Å². The van der Waals surface area contributed by atoms with Crippen molar-refractivity contribution in [2.45, 2.75) is 38.9 Å². The smallest absolute Gasteiger partial charge is 0.209 e. The molecule has 16 heavy (non-hydrogen) atoms. The van der Waals surface area contributed by atoms with Gasteiger partial charge in [-0.2, -0.15) is 0 Å². The maximum Gasteiger partial charge on any atom is 0.209 e. The molecule has 0 spiro atoms. The van der Waals surface area contributed by atoms with Crippen LogP contribution in [0.25, 0.3) is 0 Å². The van der Waals surface area contributed by atoms with Crippen LogP contribution < -0.4 is 0 Å². The molecule has 0 amide bonds. The zero-order valence-electron chi connectivity index (χ0n) is 11.3. The maximum absolute atomic E-state index is 6.95. The van der Waals surface area contributed by atoms with Gasteiger partial charge in [0.1, 0.15) is 7.57 Å². The molecule has 3 atom stereocenters. The SMILES string of the molecule is [3H][B]SO[C@@H](CC=C)C[C@@H](OP([B])C)C(C)C. The van der Waals surface area contributed by atoms with Gasteiger partial charge in [0.05, 0.1) is 12.2 Å². The first-order valence-corrected chi connectivity index (χ1v) is 7.87. The Bertz CT molecular complexity index is 211. The Balaban J connectivity index is 4.27. The average molecular weight is 259 g/mol. The van der Waals surface area contributed by atoms with Crippen molar-refractivity contribution in [1.82, 2.24) is 0 Å². The van der Waals surface area contributed by atoms with E-state index in [1.54, 1.807) is 0 Å². The molecule has 0 rings (SSSR count). The van der Waals surface area contributed by atoms with E-state index in [1.165, 1.54) is 7.09 Å². The molecular weight excluding hydrogens is 237 g/mol. The van der Waals surface area contributed by atoms with Crippen LogP contribution in [0.2, 0.25) is 0 Å². The van der Waals surface area contributed by atoms with E-state index in [0.717, 1.165) is 24.7 Å². The van der Waals surface area contributed by atoms with Crippen molar-refractivity contribution in [2.24, 2.45) is 5.92 Å². The predicted molar refractivity (Wildman–Crippen MR) is 77.4 cm³/mol. The summed E-state index contributed by atoms with van der Waals surface area (Å²) in [6, 6.07) is 0. The topological polar surface area (TPSA) is 18.5 Å². The second kappa shape index (κ2) is 9.58. The number of hydrogen-bond donors (Lipinski definition) is 0. The van der Waals surface area contributed by atoms with Crippen LogP contribution >= 0.6 is 19.9 Å². The van der Waals surface area contributed by atoms with Gasteiger partial charge in [0.25, 0.3) is 0 Å². The molecule has 0 fully saturated rings. The van der Waals surface area contributed by atoms with Crippen molar-refractivity contribution in [1.29, 1.82) is 1.34 Å². The van der Waals surface area contributed by atoms with Crippen LogP contribution in [0.5, 0.6) is 0 Å². The quantitative estimate of drug-likeness (QED) is 0.260. The highest BCUT2D eigenvalue weighted by atomic mass is 32.2. The van der Waals surface area contributed by atoms with Crippen LogP contribution in [0, 0.1) is 5.92 Å². The maximum atomic E-state index is 6.95. The molecular formula is C10H20B2O2PS. The largest absolute Gasteiger partial charge is 0.367 e. The summed E-state index contributed by atoms with van der Waals surface area (Å²) in [5, 5.41) is 0. The van der Waals surface area contributed by atoms with E-state index in [-0.39, 0.29) is 12.2 Å². The lowest BCUT2D eigenvalue weighted by molar-refractivity contribution is 0.106. The van der Waals surface area contributed by atoms with Gasteiger partial charge in [0.15, 0.2) is 0 Å². The van der Waals surface area contributed by atoms with Gasteiger partial charge in [-0.15, -0.1) is 6.58 Å². The summed E-state index contributed by atoms with van der Waals surface area (Å²) in [5.74, 6) is 0.393. The Morgan fingerprint density at radius 2 is 2.38 bits per heavy atom. The highest BCUT2D eigenvalue weighted by Crippen LogP contribution is 2.32. The fraction of sp³-hybridized carbons (Fsp3) is 0.800. The lowest BCUT2D eigenvalue weighted by Crippen LogP contribution is -2.25. The van der Waals surface area contributed by atoms with Gasteiger partial charge in [-0.1, -0.05) is 31.8 Å². The lowest BCUT2D eigenvalue weighted by Gasteiger charge is -2.27. The molecule has 0 N–H and O–H groups in total. The Kier molecular flexibility index (Phi) is 8.76. The fourth-order valence-electron chi connectivity index (χ4n) is 1.35. The first kappa shape index (κ1) is 14.6. The Morgan fingerprint density at radius 3 is 2.81 bits per heavy atom. The summed E-state index contributed by atoms with van der Waals surface area (Å²) in [6.07, 6.45) is 3.45. The number of hydrogen-bond acceptors (Lipinski definition) is 3. The molecule has 0 bridgehead atoms. The van der Waals surface area contributed by atoms with E-state index < -0.39 is 8.03 Å². The lowest BCUT2D eigenvalue weighted by atomic mass is 10.00. The highest BCUT2D eigenvalue weighted by Gasteiger charge is 2.20. The molecule has 1 unspecified atom stereocenters. The first-order valence-electron chi connectivity index (χ1n) is 5.87. The minimum Gasteiger partial charge on any atom is -0.367 e. The van der Waals surface area contributed by atoms with Crippen molar-refractivity contribution < 1.29 is 8.71 Å². The molecule has 0 aliphatic heterocycles. The molecule has 0 saturated heterocycles. The third-order valence-electron chi connectivity index (χ3n) is 2.16. The second-order valence-corrected chi connectivity index (χ2v) is 5.70. The number of rotatable bonds is 10. The van der Waals surface area contributed by atoms with Crippen LogP contribution in [0.3, 0.4) is 0 Å². The zero-order valence-corrected chi connectivity index (χ0v) is 12.0. The molecule has 0 aromatic heterocycles. The molecule has 2 nitrogen and oxygen atoms in total. The van der Waals surface area contributed by atoms with Crippen LogP contribution in [-0.2, 0) is 8.71 Å². The first-order chi connectivity index (χ1) is 8.01. The van der Waals surface area contributed by atoms with E-state index in [1.807, 2.05) is 12.7 Å². The second-order valence-electron chi connectivity index (χ2n) is 4.01. The molecule has 0 aliphatic carbocycles. The normalized spacial score (nSPS) is 17.6. The summed E-state index contributed by atoms with van der Waals surface area (Å²) < 4.78 is 18.2. The van der Waals surface area contributed by atoms with E-state index >= 15 is 0 Å². The zero-order chi connectivity index (χ0) is 13.3. The van der Waals surface area contributed by atoms with E-state index in [0.29, 0.717) is 5.92 Å². The Hall–Kier alpha value is 0.570. The summed E-state index contributed by atoms with van der Waals surface area (Å²) in [6.45, 7) is 9.82. The van der Waals surface area contributed by atoms with Gasteiger partial charge in [-0.05, 0) is 28.4 Å². The fourth-order valence-corrected chi connectivity index (χ4v) is 2.42. The summed E-state index contributed by atoms with van der Waals surface area (Å²) in [5.41, 5.74) is 0. The van der Waals surface area contributed by atoms with Crippen LogP contribution in [0.1, 0.15) is 26.7 Å². The molecule has 6 heteroatoms. The third-order valence-corrected chi connectivity index (χ3v) is 3.15. The van der Waals surface area contributed by atoms with Gasteiger partial charge in [0, 0.05) is 6.42 Å². The molecule has 0 aliphatic rings. The monoisotopic (exact) mass is 259 g/mol. The molecule has 0 aromatic carbocycles. The minimum atomic E-state index is -0.858. The average Bonchev–Trinajstić information content (AvgIpc) is 2.24. The Labute approximate surface area is 109 Å².